The highest BCUT2D eigenvalue weighted by Gasteiger charge is 2.19. The molecular weight excluding hydrogens is 276 g/mol. The number of amides is 1. The molecular formula is C18H16N2O2. The van der Waals surface area contributed by atoms with Crippen LogP contribution < -0.4 is 5.32 Å². The van der Waals surface area contributed by atoms with E-state index in [2.05, 4.69) is 5.32 Å². The van der Waals surface area contributed by atoms with Crippen molar-refractivity contribution in [3.63, 3.8) is 0 Å². The van der Waals surface area contributed by atoms with Crippen LogP contribution in [0.2, 0.25) is 0 Å². The number of carbonyl (C=O) groups excluding carboxylic acids is 2. The monoisotopic (exact) mass is 292 g/mol. The number of anilines is 1. The van der Waals surface area contributed by atoms with Gasteiger partial charge in [-0.3, -0.25) is 14.2 Å². The molecule has 1 amide bonds. The van der Waals surface area contributed by atoms with E-state index in [1.165, 1.54) is 6.92 Å². The fraction of sp³-hybridized carbons (Fsp3) is 0.111. The van der Waals surface area contributed by atoms with Crippen molar-refractivity contribution in [2.45, 2.75) is 13.8 Å². The molecule has 0 aliphatic rings. The van der Waals surface area contributed by atoms with Crippen molar-refractivity contribution in [1.29, 1.82) is 0 Å². The summed E-state index contributed by atoms with van der Waals surface area (Å²) in [5.41, 5.74) is 2.82. The molecule has 1 aromatic heterocycles. The molecule has 0 radical (unpaired) electrons. The Morgan fingerprint density at radius 2 is 1.59 bits per heavy atom. The summed E-state index contributed by atoms with van der Waals surface area (Å²) in [6.45, 7) is 3.30. The van der Waals surface area contributed by atoms with Gasteiger partial charge in [-0.15, -0.1) is 0 Å². The maximum absolute atomic E-state index is 12.8. The van der Waals surface area contributed by atoms with Gasteiger partial charge in [0.2, 0.25) is 5.91 Å². The van der Waals surface area contributed by atoms with E-state index in [-0.39, 0.29) is 11.8 Å². The maximum atomic E-state index is 12.8. The third-order valence-electron chi connectivity index (χ3n) is 3.64. The van der Waals surface area contributed by atoms with E-state index in [4.69, 9.17) is 0 Å². The predicted molar refractivity (Wildman–Crippen MR) is 87.1 cm³/mol. The summed E-state index contributed by atoms with van der Waals surface area (Å²) in [7, 11) is 0. The van der Waals surface area contributed by atoms with Gasteiger partial charge in [-0.05, 0) is 25.1 Å². The maximum Gasteiger partial charge on any atom is 0.262 e. The van der Waals surface area contributed by atoms with Gasteiger partial charge in [-0.25, -0.2) is 0 Å². The Kier molecular flexibility index (Phi) is 3.51. The topological polar surface area (TPSA) is 51.1 Å². The van der Waals surface area contributed by atoms with Crippen molar-refractivity contribution in [2.24, 2.45) is 0 Å². The summed E-state index contributed by atoms with van der Waals surface area (Å²) in [5.74, 6) is -0.260. The molecule has 110 valence electrons. The van der Waals surface area contributed by atoms with Gasteiger partial charge in [0, 0.05) is 23.6 Å². The summed E-state index contributed by atoms with van der Waals surface area (Å²) in [6, 6.07) is 16.7. The summed E-state index contributed by atoms with van der Waals surface area (Å²) < 4.78 is 1.65. The fourth-order valence-corrected chi connectivity index (χ4v) is 2.67. The number of para-hydroxylation sites is 1. The number of nitrogens with one attached hydrogen (secondary N) is 1. The molecule has 4 nitrogen and oxygen atoms in total. The second kappa shape index (κ2) is 5.48. The second-order valence-corrected chi connectivity index (χ2v) is 5.17. The number of hydrogen-bond acceptors (Lipinski definition) is 2. The van der Waals surface area contributed by atoms with E-state index < -0.39 is 0 Å². The fourth-order valence-electron chi connectivity index (χ4n) is 2.67. The Morgan fingerprint density at radius 3 is 2.27 bits per heavy atom. The summed E-state index contributed by atoms with van der Waals surface area (Å²) in [5, 5.41) is 3.69. The van der Waals surface area contributed by atoms with Crippen molar-refractivity contribution in [3.05, 3.63) is 65.9 Å². The zero-order chi connectivity index (χ0) is 15.7. The molecule has 0 saturated carbocycles. The minimum atomic E-state index is -0.154. The van der Waals surface area contributed by atoms with E-state index in [1.807, 2.05) is 49.4 Å². The average Bonchev–Trinajstić information content (AvgIpc) is 2.80. The lowest BCUT2D eigenvalue weighted by molar-refractivity contribution is -0.114. The van der Waals surface area contributed by atoms with Crippen LogP contribution in [0.3, 0.4) is 0 Å². The van der Waals surface area contributed by atoms with Crippen molar-refractivity contribution >= 4 is 28.4 Å². The van der Waals surface area contributed by atoms with Crippen molar-refractivity contribution < 1.29 is 9.59 Å². The zero-order valence-corrected chi connectivity index (χ0v) is 12.5. The van der Waals surface area contributed by atoms with Gasteiger partial charge in [-0.2, -0.15) is 0 Å². The molecule has 0 aliphatic carbocycles. The third kappa shape index (κ3) is 2.29. The van der Waals surface area contributed by atoms with Crippen LogP contribution in [-0.2, 0) is 4.79 Å². The molecule has 3 rings (SSSR count). The Hall–Kier alpha value is -2.88. The van der Waals surface area contributed by atoms with E-state index in [9.17, 15) is 9.59 Å². The lowest BCUT2D eigenvalue weighted by Crippen LogP contribution is -2.14. The minimum Gasteiger partial charge on any atom is -0.324 e. The van der Waals surface area contributed by atoms with Crippen molar-refractivity contribution in [3.8, 4) is 0 Å². The zero-order valence-electron chi connectivity index (χ0n) is 12.5. The van der Waals surface area contributed by atoms with Gasteiger partial charge in [0.15, 0.2) is 0 Å². The first kappa shape index (κ1) is 14.1. The van der Waals surface area contributed by atoms with Crippen LogP contribution in [0.15, 0.2) is 54.6 Å². The number of hydrogen-bond donors (Lipinski definition) is 1. The van der Waals surface area contributed by atoms with Crippen LogP contribution in [0.25, 0.3) is 10.9 Å². The van der Waals surface area contributed by atoms with Gasteiger partial charge in [0.25, 0.3) is 5.91 Å². The Morgan fingerprint density at radius 1 is 0.955 bits per heavy atom. The summed E-state index contributed by atoms with van der Waals surface area (Å²) in [6.07, 6.45) is 0. The van der Waals surface area contributed by atoms with Crippen LogP contribution in [-0.4, -0.2) is 16.4 Å². The first-order valence-corrected chi connectivity index (χ1v) is 7.07. The smallest absolute Gasteiger partial charge is 0.262 e. The van der Waals surface area contributed by atoms with Gasteiger partial charge in [0.1, 0.15) is 0 Å². The lowest BCUT2D eigenvalue weighted by Gasteiger charge is -2.07. The van der Waals surface area contributed by atoms with Gasteiger partial charge in [0.05, 0.1) is 11.2 Å². The summed E-state index contributed by atoms with van der Waals surface area (Å²) >= 11 is 0. The lowest BCUT2D eigenvalue weighted by atomic mass is 10.2. The van der Waals surface area contributed by atoms with E-state index in [0.717, 1.165) is 16.6 Å². The van der Waals surface area contributed by atoms with Crippen LogP contribution in [0.4, 0.5) is 5.69 Å². The van der Waals surface area contributed by atoms with E-state index in [1.54, 1.807) is 16.7 Å². The molecule has 0 fully saturated rings. The van der Waals surface area contributed by atoms with Gasteiger partial charge >= 0.3 is 0 Å². The Labute approximate surface area is 128 Å². The Balaban J connectivity index is 2.24. The molecule has 3 aromatic rings. The molecule has 0 aliphatic heterocycles. The van der Waals surface area contributed by atoms with Crippen LogP contribution >= 0.6 is 0 Å². The summed E-state index contributed by atoms with van der Waals surface area (Å²) in [4.78, 5) is 24.3. The first-order valence-electron chi connectivity index (χ1n) is 7.07. The molecule has 0 unspecified atom stereocenters. The molecule has 0 spiro atoms. The van der Waals surface area contributed by atoms with Crippen molar-refractivity contribution in [1.82, 2.24) is 4.57 Å². The van der Waals surface area contributed by atoms with Crippen molar-refractivity contribution in [2.75, 3.05) is 5.32 Å². The number of aromatic nitrogens is 1. The number of fused-ring (bicyclic) bond motifs is 1. The van der Waals surface area contributed by atoms with Crippen LogP contribution in [0.5, 0.6) is 0 Å². The minimum absolute atomic E-state index is 0.106. The molecule has 0 bridgehead atoms. The molecule has 1 N–H and O–H groups in total. The molecule has 1 heterocycles. The number of benzene rings is 2. The second-order valence-electron chi connectivity index (χ2n) is 5.17. The molecule has 0 atom stereocenters. The average molecular weight is 292 g/mol. The molecule has 22 heavy (non-hydrogen) atoms. The molecule has 2 aromatic carbocycles. The number of carbonyl (C=O) groups is 2. The molecule has 0 saturated heterocycles. The standard InChI is InChI=1S/C18H16N2O2/c1-12-17(19-13(2)21)15-10-6-7-11-16(15)20(12)18(22)14-8-4-3-5-9-14/h3-11H,1-2H3,(H,19,21). The highest BCUT2D eigenvalue weighted by Crippen LogP contribution is 2.31. The van der Waals surface area contributed by atoms with Gasteiger partial charge < -0.3 is 5.32 Å². The highest BCUT2D eigenvalue weighted by atomic mass is 16.2. The normalized spacial score (nSPS) is 10.6. The van der Waals surface area contributed by atoms with E-state index >= 15 is 0 Å². The third-order valence-corrected chi connectivity index (χ3v) is 3.64. The van der Waals surface area contributed by atoms with Crippen LogP contribution in [0.1, 0.15) is 23.0 Å². The predicted octanol–water partition coefficient (Wildman–Crippen LogP) is 3.60. The number of nitrogens with zero attached hydrogens (tertiary/aromatic N) is 1. The highest BCUT2D eigenvalue weighted by molar-refractivity contribution is 6.09. The SMILES string of the molecule is CC(=O)Nc1c(C)n(C(=O)c2ccccc2)c2ccccc12. The largest absolute Gasteiger partial charge is 0.324 e. The van der Waals surface area contributed by atoms with E-state index in [0.29, 0.717) is 11.3 Å². The first-order chi connectivity index (χ1) is 10.6. The quantitative estimate of drug-likeness (QED) is 0.784. The molecule has 4 heteroatoms. The number of rotatable bonds is 2. The van der Waals surface area contributed by atoms with Gasteiger partial charge in [-0.1, -0.05) is 36.4 Å². The van der Waals surface area contributed by atoms with Crippen LogP contribution in [0, 0.1) is 6.92 Å². The Bertz CT molecular complexity index is 863.